The van der Waals surface area contributed by atoms with Gasteiger partial charge in [0.1, 0.15) is 5.60 Å². The van der Waals surface area contributed by atoms with E-state index in [4.69, 9.17) is 10.00 Å². The van der Waals surface area contributed by atoms with E-state index in [-0.39, 0.29) is 12.0 Å². The Bertz CT molecular complexity index is 406. The molecule has 20 heavy (non-hydrogen) atoms. The fourth-order valence-electron chi connectivity index (χ4n) is 1.57. The zero-order valence-electron chi connectivity index (χ0n) is 11.6. The van der Waals surface area contributed by atoms with Gasteiger partial charge in [-0.3, -0.25) is 4.57 Å². The maximum Gasteiger partial charge on any atom is 0.410 e. The van der Waals surface area contributed by atoms with Crippen LogP contribution < -0.4 is 0 Å². The van der Waals surface area contributed by atoms with Crippen LogP contribution in [0.4, 0.5) is 4.79 Å². The summed E-state index contributed by atoms with van der Waals surface area (Å²) in [7, 11) is 0. The van der Waals surface area contributed by atoms with Gasteiger partial charge in [0, 0.05) is 13.1 Å². The number of carbonyl (C=O) groups is 1. The number of piperidine rings is 1. The number of halogens is 3. The Morgan fingerprint density at radius 2 is 1.90 bits per heavy atom. The van der Waals surface area contributed by atoms with Crippen molar-refractivity contribution in [2.45, 2.75) is 39.2 Å². The highest BCUT2D eigenvalue weighted by atomic mass is 36.0. The van der Waals surface area contributed by atoms with E-state index in [1.54, 1.807) is 4.90 Å². The van der Waals surface area contributed by atoms with Crippen molar-refractivity contribution in [3.8, 4) is 6.07 Å². The molecule has 0 spiro atoms. The van der Waals surface area contributed by atoms with Crippen molar-refractivity contribution in [1.82, 2.24) is 4.90 Å². The van der Waals surface area contributed by atoms with Crippen LogP contribution in [0.2, 0.25) is 0 Å². The van der Waals surface area contributed by atoms with Gasteiger partial charge in [-0.25, -0.2) is 4.79 Å². The van der Waals surface area contributed by atoms with E-state index in [1.807, 2.05) is 20.8 Å². The number of nitrogens with zero attached hydrogens (tertiary/aromatic N) is 2. The molecule has 1 amide bonds. The Labute approximate surface area is 133 Å². The highest BCUT2D eigenvalue weighted by molar-refractivity contribution is 8.24. The average molecular weight is 364 g/mol. The summed E-state index contributed by atoms with van der Waals surface area (Å²) in [4.78, 5) is 13.3. The standard InChI is InChI=1S/C11H18N2O2.Cl3OP/c1-11(2,3)15-10(14)13-6-4-5-9(7-12)8-13;1-5(2,3)4/h9H,4-6,8H2,1-3H3;/t9-;/m1./s1. The largest absolute Gasteiger partial charge is 0.444 e. The number of nitriles is 1. The van der Waals surface area contributed by atoms with Gasteiger partial charge in [0.2, 0.25) is 0 Å². The lowest BCUT2D eigenvalue weighted by Gasteiger charge is -2.31. The average Bonchev–Trinajstić information content (AvgIpc) is 2.24. The van der Waals surface area contributed by atoms with Crippen LogP contribution in [-0.2, 0) is 9.30 Å². The first-order valence-corrected chi connectivity index (χ1v) is 10.4. The molecule has 0 aliphatic carbocycles. The van der Waals surface area contributed by atoms with Crippen LogP contribution in [-0.4, -0.2) is 29.7 Å². The van der Waals surface area contributed by atoms with Gasteiger partial charge < -0.3 is 9.64 Å². The quantitative estimate of drug-likeness (QED) is 0.570. The number of carbonyl (C=O) groups excluding carboxylic acids is 1. The summed E-state index contributed by atoms with van der Waals surface area (Å²) < 4.78 is 14.8. The molecule has 0 saturated carbocycles. The van der Waals surface area contributed by atoms with E-state index in [1.165, 1.54) is 0 Å². The summed E-state index contributed by atoms with van der Waals surface area (Å²) in [5, 5.41) is 5.57. The first kappa shape index (κ1) is 19.9. The lowest BCUT2D eigenvalue weighted by atomic mass is 10.0. The second kappa shape index (κ2) is 8.34. The van der Waals surface area contributed by atoms with Gasteiger partial charge in [-0.1, -0.05) is 0 Å². The van der Waals surface area contributed by atoms with E-state index in [2.05, 4.69) is 39.8 Å². The number of rotatable bonds is 0. The van der Waals surface area contributed by atoms with Crippen LogP contribution in [0.25, 0.3) is 0 Å². The Balaban J connectivity index is 0.000000621. The van der Waals surface area contributed by atoms with Crippen LogP contribution in [0.15, 0.2) is 0 Å². The fourth-order valence-corrected chi connectivity index (χ4v) is 1.57. The summed E-state index contributed by atoms with van der Waals surface area (Å²) in [6, 6.07) is 2.20. The monoisotopic (exact) mass is 362 g/mol. The highest BCUT2D eigenvalue weighted by Gasteiger charge is 2.27. The topological polar surface area (TPSA) is 70.4 Å². The summed E-state index contributed by atoms with van der Waals surface area (Å²) >= 11 is 13.8. The lowest BCUT2D eigenvalue weighted by molar-refractivity contribution is 0.0189. The molecule has 1 rings (SSSR count). The Hall–Kier alpha value is -0.140. The van der Waals surface area contributed by atoms with Crippen LogP contribution in [0, 0.1) is 17.2 Å². The zero-order valence-corrected chi connectivity index (χ0v) is 14.8. The fraction of sp³-hybridized carbons (Fsp3) is 0.818. The van der Waals surface area contributed by atoms with Crippen LogP contribution >= 0.6 is 38.9 Å². The van der Waals surface area contributed by atoms with Gasteiger partial charge in [-0.15, -0.1) is 0 Å². The Kier molecular flexibility index (Phi) is 8.28. The summed E-state index contributed by atoms with van der Waals surface area (Å²) in [5.74, 6) is -0.0359. The van der Waals surface area contributed by atoms with Gasteiger partial charge >= 0.3 is 11.3 Å². The van der Waals surface area contributed by atoms with Crippen molar-refractivity contribution in [3.63, 3.8) is 0 Å². The third kappa shape index (κ3) is 11.7. The lowest BCUT2D eigenvalue weighted by Crippen LogP contribution is -2.42. The molecule has 9 heteroatoms. The molecule has 0 N–H and O–H groups in total. The molecule has 1 aliphatic heterocycles. The van der Waals surface area contributed by atoms with Gasteiger partial charge in [-0.05, 0) is 67.3 Å². The number of amides is 1. The molecule has 1 fully saturated rings. The van der Waals surface area contributed by atoms with Gasteiger partial charge in [-0.2, -0.15) is 5.26 Å². The Morgan fingerprint density at radius 3 is 2.30 bits per heavy atom. The molecule has 0 radical (unpaired) electrons. The molecule has 1 atom stereocenters. The van der Waals surface area contributed by atoms with Crippen molar-refractivity contribution in [1.29, 1.82) is 5.26 Å². The predicted octanol–water partition coefficient (Wildman–Crippen LogP) is 4.97. The smallest absolute Gasteiger partial charge is 0.410 e. The summed E-state index contributed by atoms with van der Waals surface area (Å²) in [5.41, 5.74) is -0.462. The second-order valence-corrected chi connectivity index (χ2v) is 11.9. The van der Waals surface area contributed by atoms with Crippen molar-refractivity contribution in [2.24, 2.45) is 5.92 Å². The first-order valence-electron chi connectivity index (χ1n) is 5.99. The number of hydrogen-bond donors (Lipinski definition) is 0. The molecule has 0 aromatic rings. The molecular weight excluding hydrogens is 345 g/mol. The molecular formula is C11H18Cl3N2O3P. The van der Waals surface area contributed by atoms with Gasteiger partial charge in [0.15, 0.2) is 0 Å². The van der Waals surface area contributed by atoms with Crippen molar-refractivity contribution >= 4 is 45.0 Å². The van der Waals surface area contributed by atoms with Crippen LogP contribution in [0.1, 0.15) is 33.6 Å². The predicted molar refractivity (Wildman–Crippen MR) is 81.3 cm³/mol. The maximum atomic E-state index is 11.7. The third-order valence-electron chi connectivity index (χ3n) is 2.26. The molecule has 116 valence electrons. The van der Waals surface area contributed by atoms with Gasteiger partial charge in [0.05, 0.1) is 12.0 Å². The molecule has 0 bridgehead atoms. The normalized spacial score (nSPS) is 19.4. The minimum absolute atomic E-state index is 0.0359. The Morgan fingerprint density at radius 1 is 1.40 bits per heavy atom. The van der Waals surface area contributed by atoms with E-state index in [9.17, 15) is 9.36 Å². The SMILES string of the molecule is CC(C)(C)OC(=O)N1CCC[C@H](C#N)C1.O=P(Cl)(Cl)Cl. The number of hydrogen-bond acceptors (Lipinski definition) is 4. The van der Waals surface area contributed by atoms with Crippen molar-refractivity contribution in [2.75, 3.05) is 13.1 Å². The van der Waals surface area contributed by atoms with Crippen LogP contribution in [0.5, 0.6) is 0 Å². The van der Waals surface area contributed by atoms with E-state index in [0.29, 0.717) is 13.1 Å². The molecule has 1 saturated heterocycles. The maximum absolute atomic E-state index is 11.7. The molecule has 0 aromatic carbocycles. The molecule has 0 aromatic heterocycles. The van der Waals surface area contributed by atoms with E-state index >= 15 is 0 Å². The highest BCUT2D eigenvalue weighted by Crippen LogP contribution is 2.61. The molecule has 1 heterocycles. The van der Waals surface area contributed by atoms with E-state index in [0.717, 1.165) is 12.8 Å². The zero-order chi connectivity index (χ0) is 16.0. The molecule has 5 nitrogen and oxygen atoms in total. The summed E-state index contributed by atoms with van der Waals surface area (Å²) in [6.07, 6.45) is 1.47. The number of likely N-dealkylation sites (tertiary alicyclic amines) is 1. The van der Waals surface area contributed by atoms with Crippen molar-refractivity contribution in [3.05, 3.63) is 0 Å². The van der Waals surface area contributed by atoms with Crippen molar-refractivity contribution < 1.29 is 14.1 Å². The molecule has 0 unspecified atom stereocenters. The number of ether oxygens (including phenoxy) is 1. The van der Waals surface area contributed by atoms with Crippen LogP contribution in [0.3, 0.4) is 0 Å². The second-order valence-electron chi connectivity index (χ2n) is 5.29. The summed E-state index contributed by atoms with van der Waals surface area (Å²) in [6.45, 7) is 6.74. The first-order chi connectivity index (χ1) is 8.92. The van der Waals surface area contributed by atoms with E-state index < -0.39 is 10.8 Å². The minimum atomic E-state index is -3.22. The third-order valence-corrected chi connectivity index (χ3v) is 2.26. The van der Waals surface area contributed by atoms with Gasteiger partial charge in [0.25, 0.3) is 0 Å². The molecule has 1 aliphatic rings. The minimum Gasteiger partial charge on any atom is -0.444 e.